The Kier molecular flexibility index (Phi) is 44.6. The molecule has 64 heavy (non-hydrogen) atoms. The number of carbonyl (C=O) groups excluding carboxylic acids is 2. The van der Waals surface area contributed by atoms with Crippen molar-refractivity contribution in [1.29, 1.82) is 0 Å². The minimum atomic E-state index is -4.39. The summed E-state index contributed by atoms with van der Waals surface area (Å²) in [5, 5.41) is 0. The smallest absolute Gasteiger partial charge is 0.462 e. The first kappa shape index (κ1) is 62.0. The van der Waals surface area contributed by atoms with E-state index in [-0.39, 0.29) is 26.1 Å². The van der Waals surface area contributed by atoms with Crippen LogP contribution in [0.4, 0.5) is 0 Å². The van der Waals surface area contributed by atoms with Crippen molar-refractivity contribution in [2.45, 2.75) is 238 Å². The largest absolute Gasteiger partial charge is 0.472 e. The van der Waals surface area contributed by atoms with Gasteiger partial charge >= 0.3 is 19.8 Å². The summed E-state index contributed by atoms with van der Waals surface area (Å²) in [5.74, 6) is -0.856. The summed E-state index contributed by atoms with van der Waals surface area (Å²) in [6, 6.07) is 0. The van der Waals surface area contributed by atoms with Crippen molar-refractivity contribution in [2.24, 2.45) is 0 Å². The normalized spacial score (nSPS) is 13.8. The molecule has 0 aromatic heterocycles. The molecular weight excluding hydrogens is 822 g/mol. The highest BCUT2D eigenvalue weighted by Crippen LogP contribution is 2.43. The molecule has 0 aliphatic rings. The molecule has 374 valence electrons. The number of nitrogens with zero attached hydrogens (tertiary/aromatic N) is 1. The number of hydrogen-bond donors (Lipinski definition) is 1. The number of quaternary nitrogens is 1. The van der Waals surface area contributed by atoms with Gasteiger partial charge in [-0.3, -0.25) is 18.6 Å². The maximum absolute atomic E-state index is 12.8. The molecule has 0 aromatic carbocycles. The average Bonchev–Trinajstić information content (AvgIpc) is 3.25. The van der Waals surface area contributed by atoms with E-state index in [1.165, 1.54) is 154 Å². The molecule has 2 atom stereocenters. The van der Waals surface area contributed by atoms with E-state index in [1.807, 2.05) is 21.1 Å². The molecule has 0 spiro atoms. The lowest BCUT2D eigenvalue weighted by Crippen LogP contribution is -2.37. The Balaban J connectivity index is 4.26. The second-order valence-electron chi connectivity index (χ2n) is 18.9. The molecule has 9 nitrogen and oxygen atoms in total. The van der Waals surface area contributed by atoms with Crippen molar-refractivity contribution in [3.63, 3.8) is 0 Å². The highest BCUT2D eigenvalue weighted by molar-refractivity contribution is 7.47. The highest BCUT2D eigenvalue weighted by Gasteiger charge is 2.27. The first-order valence-corrected chi connectivity index (χ1v) is 27.9. The number of rotatable bonds is 48. The fraction of sp³-hybridized carbons (Fsp3) is 0.815. The van der Waals surface area contributed by atoms with Gasteiger partial charge in [0.05, 0.1) is 27.7 Å². The summed E-state index contributed by atoms with van der Waals surface area (Å²) in [5.41, 5.74) is 0. The lowest BCUT2D eigenvalue weighted by Gasteiger charge is -2.24. The monoisotopic (exact) mass is 923 g/mol. The quantitative estimate of drug-likeness (QED) is 0.0211. The third-order valence-corrected chi connectivity index (χ3v) is 12.3. The minimum Gasteiger partial charge on any atom is -0.462 e. The zero-order valence-corrected chi connectivity index (χ0v) is 43.2. The second-order valence-corrected chi connectivity index (χ2v) is 20.4. The molecular formula is C54H101NO8P+. The number of esters is 2. The van der Waals surface area contributed by atoms with Crippen LogP contribution in [-0.4, -0.2) is 74.9 Å². The van der Waals surface area contributed by atoms with Crippen LogP contribution in [0.15, 0.2) is 48.6 Å². The van der Waals surface area contributed by atoms with Crippen LogP contribution in [0, 0.1) is 0 Å². The zero-order chi connectivity index (χ0) is 47.1. The van der Waals surface area contributed by atoms with Crippen LogP contribution in [0.1, 0.15) is 232 Å². The van der Waals surface area contributed by atoms with Gasteiger partial charge in [0.1, 0.15) is 19.8 Å². The molecule has 10 heteroatoms. The maximum atomic E-state index is 12.8. The third-order valence-electron chi connectivity index (χ3n) is 11.4. The van der Waals surface area contributed by atoms with Gasteiger partial charge in [0.15, 0.2) is 6.10 Å². The topological polar surface area (TPSA) is 108 Å². The SMILES string of the molecule is CCCCC/C=C/C/C=C/C/C=C/C/C=C/CCCC(=O)OC[C@H](COP(=O)(O)OCC[N+](C)(C)C)OC(=O)CCCCCCCCCCCCCCCCCCCCCCCCC. The third kappa shape index (κ3) is 49.4. The van der Waals surface area contributed by atoms with Crippen molar-refractivity contribution >= 4 is 19.8 Å². The fourth-order valence-corrected chi connectivity index (χ4v) is 7.99. The Hall–Kier alpha value is -2.03. The van der Waals surface area contributed by atoms with E-state index in [2.05, 4.69) is 62.5 Å². The lowest BCUT2D eigenvalue weighted by atomic mass is 10.0. The van der Waals surface area contributed by atoms with Gasteiger partial charge in [-0.25, -0.2) is 4.57 Å². The van der Waals surface area contributed by atoms with Crippen molar-refractivity contribution in [1.82, 2.24) is 0 Å². The number of ether oxygens (including phenoxy) is 2. The lowest BCUT2D eigenvalue weighted by molar-refractivity contribution is -0.870. The van der Waals surface area contributed by atoms with Crippen LogP contribution in [0.25, 0.3) is 0 Å². The number of likely N-dealkylation sites (N-methyl/N-ethyl adjacent to an activating group) is 1. The predicted octanol–water partition coefficient (Wildman–Crippen LogP) is 15.8. The summed E-state index contributed by atoms with van der Waals surface area (Å²) in [4.78, 5) is 35.5. The van der Waals surface area contributed by atoms with E-state index in [0.29, 0.717) is 23.9 Å². The Morgan fingerprint density at radius 2 is 0.859 bits per heavy atom. The van der Waals surface area contributed by atoms with Crippen LogP contribution in [0.3, 0.4) is 0 Å². The van der Waals surface area contributed by atoms with Crippen molar-refractivity contribution in [3.05, 3.63) is 48.6 Å². The van der Waals surface area contributed by atoms with E-state index in [4.69, 9.17) is 18.5 Å². The van der Waals surface area contributed by atoms with Crippen molar-refractivity contribution in [2.75, 3.05) is 47.5 Å². The summed E-state index contributed by atoms with van der Waals surface area (Å²) < 4.78 is 34.4. The Bertz CT molecular complexity index is 1230. The summed E-state index contributed by atoms with van der Waals surface area (Å²) in [6.07, 6.45) is 56.1. The highest BCUT2D eigenvalue weighted by atomic mass is 31.2. The number of phosphoric acid groups is 1. The summed E-state index contributed by atoms with van der Waals surface area (Å²) >= 11 is 0. The number of phosphoric ester groups is 1. The molecule has 0 saturated carbocycles. The Labute approximate surface area is 394 Å². The molecule has 0 saturated heterocycles. The second kappa shape index (κ2) is 46.1. The van der Waals surface area contributed by atoms with E-state index < -0.39 is 32.5 Å². The molecule has 0 rings (SSSR count). The Morgan fingerprint density at radius 3 is 1.30 bits per heavy atom. The molecule has 1 N–H and O–H groups in total. The van der Waals surface area contributed by atoms with E-state index in [1.54, 1.807) is 0 Å². The van der Waals surface area contributed by atoms with E-state index in [9.17, 15) is 19.0 Å². The number of allylic oxidation sites excluding steroid dienone is 8. The van der Waals surface area contributed by atoms with Gasteiger partial charge in [-0.1, -0.05) is 217 Å². The molecule has 0 bridgehead atoms. The van der Waals surface area contributed by atoms with Crippen LogP contribution in [0.5, 0.6) is 0 Å². The van der Waals surface area contributed by atoms with Gasteiger partial charge in [-0.05, 0) is 51.4 Å². The van der Waals surface area contributed by atoms with Crippen molar-refractivity contribution in [3.8, 4) is 0 Å². The summed E-state index contributed by atoms with van der Waals surface area (Å²) in [6.45, 7) is 4.36. The zero-order valence-electron chi connectivity index (χ0n) is 42.3. The van der Waals surface area contributed by atoms with Gasteiger partial charge in [0.2, 0.25) is 0 Å². The fourth-order valence-electron chi connectivity index (χ4n) is 7.24. The first-order chi connectivity index (χ1) is 31.0. The standard InChI is InChI=1S/C54H100NO8P/c1-6-8-10-12-14-16-18-20-22-24-25-26-27-28-29-31-33-35-37-39-41-43-45-47-54(57)63-52(51-62-64(58,59)61-49-48-55(3,4)5)50-60-53(56)46-44-42-40-38-36-34-32-30-23-21-19-17-15-13-11-9-7-2/h15,17,21,23,32,34,38,40,52H,6-14,16,18-20,22,24-31,33,35-37,39,41-51H2,1-5H3/p+1/b17-15+,23-21+,34-32+,40-38+/t52-/m1/s1. The van der Waals surface area contributed by atoms with Gasteiger partial charge in [-0.15, -0.1) is 0 Å². The molecule has 0 amide bonds. The van der Waals surface area contributed by atoms with Gasteiger partial charge in [0, 0.05) is 12.8 Å². The van der Waals surface area contributed by atoms with E-state index >= 15 is 0 Å². The number of unbranched alkanes of at least 4 members (excludes halogenated alkanes) is 26. The van der Waals surface area contributed by atoms with Crippen LogP contribution >= 0.6 is 7.82 Å². The minimum absolute atomic E-state index is 0.0235. The summed E-state index contributed by atoms with van der Waals surface area (Å²) in [7, 11) is 1.45. The van der Waals surface area contributed by atoms with Gasteiger partial charge < -0.3 is 18.9 Å². The van der Waals surface area contributed by atoms with Crippen LogP contribution < -0.4 is 0 Å². The van der Waals surface area contributed by atoms with Crippen molar-refractivity contribution < 1.29 is 42.1 Å². The maximum Gasteiger partial charge on any atom is 0.472 e. The van der Waals surface area contributed by atoms with Gasteiger partial charge in [0.25, 0.3) is 0 Å². The molecule has 0 heterocycles. The van der Waals surface area contributed by atoms with Gasteiger partial charge in [-0.2, -0.15) is 0 Å². The molecule has 0 radical (unpaired) electrons. The number of hydrogen-bond acceptors (Lipinski definition) is 7. The molecule has 0 aliphatic carbocycles. The number of carbonyl (C=O) groups is 2. The molecule has 1 unspecified atom stereocenters. The average molecular weight is 923 g/mol. The molecule has 0 aromatic rings. The first-order valence-electron chi connectivity index (χ1n) is 26.4. The van der Waals surface area contributed by atoms with Crippen LogP contribution in [-0.2, 0) is 32.7 Å². The molecule has 0 aliphatic heterocycles. The Morgan fingerprint density at radius 1 is 0.484 bits per heavy atom. The molecule has 0 fully saturated rings. The van der Waals surface area contributed by atoms with E-state index in [0.717, 1.165) is 38.5 Å². The predicted molar refractivity (Wildman–Crippen MR) is 270 cm³/mol. The van der Waals surface area contributed by atoms with Crippen LogP contribution in [0.2, 0.25) is 0 Å².